The number of imidazole rings is 2. The van der Waals surface area contributed by atoms with Crippen molar-refractivity contribution in [3.05, 3.63) is 121 Å². The molecule has 4 aromatic carbocycles. The molecule has 2 heterocycles. The van der Waals surface area contributed by atoms with Crippen LogP contribution in [-0.4, -0.2) is 37.2 Å². The Hall–Kier alpha value is -4.33. The number of benzene rings is 4. The molecule has 7 heteroatoms. The van der Waals surface area contributed by atoms with E-state index in [0.717, 1.165) is 55.3 Å². The minimum atomic E-state index is 0.242. The Kier molecular flexibility index (Phi) is 8.98. The van der Waals surface area contributed by atoms with Crippen molar-refractivity contribution in [1.82, 2.24) is 19.9 Å². The van der Waals surface area contributed by atoms with Crippen LogP contribution in [0.3, 0.4) is 0 Å². The number of nitrogens with one attached hydrogen (secondary N) is 2. The number of Topliss-reactive ketones (excluding diaryl/α,β-unsaturated/α-hetero) is 1. The summed E-state index contributed by atoms with van der Waals surface area (Å²) in [6, 6.07) is 40.9. The Morgan fingerprint density at radius 2 is 0.833 bits per heavy atom. The van der Waals surface area contributed by atoms with Crippen LogP contribution >= 0.6 is 23.5 Å². The van der Waals surface area contributed by atoms with Crippen molar-refractivity contribution in [2.24, 2.45) is 0 Å². The number of carbonyl (C=O) groups is 1. The van der Waals surface area contributed by atoms with Gasteiger partial charge in [-0.2, -0.15) is 0 Å². The van der Waals surface area contributed by atoms with E-state index in [9.17, 15) is 4.79 Å². The topological polar surface area (TPSA) is 74.4 Å². The van der Waals surface area contributed by atoms with Gasteiger partial charge < -0.3 is 9.97 Å². The van der Waals surface area contributed by atoms with Crippen LogP contribution in [0.2, 0.25) is 0 Å². The van der Waals surface area contributed by atoms with E-state index in [1.807, 2.05) is 72.8 Å². The third-order valence-corrected chi connectivity index (χ3v) is 8.57. The van der Waals surface area contributed by atoms with Gasteiger partial charge in [-0.25, -0.2) is 9.97 Å². The van der Waals surface area contributed by atoms with Crippen LogP contribution in [0.4, 0.5) is 0 Å². The maximum atomic E-state index is 12.8. The number of carbonyl (C=O) groups excluding carboxylic acids is 1. The Bertz CT molecular complexity index is 1490. The molecule has 0 saturated carbocycles. The van der Waals surface area contributed by atoms with Gasteiger partial charge in [-0.15, -0.1) is 0 Å². The van der Waals surface area contributed by atoms with E-state index in [0.29, 0.717) is 24.3 Å². The number of thioether (sulfide) groups is 2. The number of aromatic amines is 2. The maximum Gasteiger partial charge on any atom is 0.166 e. The van der Waals surface area contributed by atoms with Gasteiger partial charge in [0.25, 0.3) is 0 Å². The van der Waals surface area contributed by atoms with Crippen molar-refractivity contribution in [3.8, 4) is 45.0 Å². The molecule has 0 aliphatic heterocycles. The quantitative estimate of drug-likeness (QED) is 0.140. The molecule has 6 aromatic rings. The lowest BCUT2D eigenvalue weighted by Gasteiger charge is -2.02. The van der Waals surface area contributed by atoms with E-state index in [1.54, 1.807) is 23.5 Å². The molecule has 2 N–H and O–H groups in total. The fraction of sp³-hybridized carbons (Fsp3) is 0.114. The van der Waals surface area contributed by atoms with Crippen LogP contribution in [0.1, 0.15) is 12.8 Å². The van der Waals surface area contributed by atoms with Crippen molar-refractivity contribution in [3.63, 3.8) is 0 Å². The van der Waals surface area contributed by atoms with Crippen LogP contribution < -0.4 is 0 Å². The number of hydrogen-bond donors (Lipinski definition) is 2. The standard InChI is InChI=1S/C35H30N4OS2/c40-29(21-23-41-34-36-30(25-13-5-1-6-14-25)31(37-34)26-15-7-2-8-16-26)22-24-42-35-38-32(27-17-9-3-10-18-27)33(39-35)28-19-11-4-12-20-28/h1-20H,21-24H2,(H,36,37)(H,38,39). The molecule has 42 heavy (non-hydrogen) atoms. The smallest absolute Gasteiger partial charge is 0.166 e. The minimum Gasteiger partial charge on any atom is -0.332 e. The van der Waals surface area contributed by atoms with Gasteiger partial charge in [-0.1, -0.05) is 145 Å². The zero-order chi connectivity index (χ0) is 28.6. The summed E-state index contributed by atoms with van der Waals surface area (Å²) >= 11 is 3.18. The van der Waals surface area contributed by atoms with Gasteiger partial charge in [0.1, 0.15) is 5.78 Å². The number of ketones is 1. The average Bonchev–Trinajstić information content (AvgIpc) is 3.68. The van der Waals surface area contributed by atoms with Gasteiger partial charge in [0.15, 0.2) is 10.3 Å². The second kappa shape index (κ2) is 13.6. The van der Waals surface area contributed by atoms with E-state index in [-0.39, 0.29) is 5.78 Å². The van der Waals surface area contributed by atoms with Crippen LogP contribution in [0, 0.1) is 0 Å². The maximum absolute atomic E-state index is 12.8. The third kappa shape index (κ3) is 6.75. The van der Waals surface area contributed by atoms with Crippen LogP contribution in [0.15, 0.2) is 132 Å². The van der Waals surface area contributed by atoms with Crippen molar-refractivity contribution < 1.29 is 4.79 Å². The highest BCUT2D eigenvalue weighted by Gasteiger charge is 2.16. The molecular formula is C35H30N4OS2. The predicted octanol–water partition coefficient (Wildman–Crippen LogP) is 9.03. The Morgan fingerprint density at radius 1 is 0.500 bits per heavy atom. The SMILES string of the molecule is O=C(CCSc1nc(-c2ccccc2)c(-c2ccccc2)[nH]1)CCSc1nc(-c2ccccc2)c(-c2ccccc2)[nH]1. The number of hydrogen-bond acceptors (Lipinski definition) is 5. The van der Waals surface area contributed by atoms with E-state index >= 15 is 0 Å². The molecule has 0 spiro atoms. The first-order valence-corrected chi connectivity index (χ1v) is 15.9. The Labute approximate surface area is 254 Å². The molecule has 0 atom stereocenters. The summed E-state index contributed by atoms with van der Waals surface area (Å²) in [7, 11) is 0. The van der Waals surface area contributed by atoms with Crippen molar-refractivity contribution in [2.75, 3.05) is 11.5 Å². The van der Waals surface area contributed by atoms with Crippen molar-refractivity contribution >= 4 is 29.3 Å². The first kappa shape index (κ1) is 27.8. The molecule has 0 aliphatic rings. The normalized spacial score (nSPS) is 11.0. The summed E-state index contributed by atoms with van der Waals surface area (Å²) in [5, 5.41) is 1.65. The molecule has 5 nitrogen and oxygen atoms in total. The third-order valence-electron chi connectivity index (χ3n) is 6.82. The molecular weight excluding hydrogens is 557 g/mol. The number of rotatable bonds is 12. The van der Waals surface area contributed by atoms with Gasteiger partial charge in [-0.3, -0.25) is 4.79 Å². The highest BCUT2D eigenvalue weighted by Crippen LogP contribution is 2.34. The average molecular weight is 587 g/mol. The molecule has 0 unspecified atom stereocenters. The fourth-order valence-electron chi connectivity index (χ4n) is 4.73. The molecule has 0 fully saturated rings. The first-order chi connectivity index (χ1) is 20.7. The lowest BCUT2D eigenvalue weighted by atomic mass is 10.1. The lowest BCUT2D eigenvalue weighted by molar-refractivity contribution is -0.118. The molecule has 0 bridgehead atoms. The summed E-state index contributed by atoms with van der Waals surface area (Å²) in [5.41, 5.74) is 8.16. The van der Waals surface area contributed by atoms with E-state index in [2.05, 4.69) is 58.5 Å². The summed E-state index contributed by atoms with van der Waals surface area (Å²) in [6.45, 7) is 0. The van der Waals surface area contributed by atoms with Gasteiger partial charge in [-0.05, 0) is 0 Å². The zero-order valence-corrected chi connectivity index (χ0v) is 24.6. The first-order valence-electron chi connectivity index (χ1n) is 13.9. The second-order valence-corrected chi connectivity index (χ2v) is 11.9. The van der Waals surface area contributed by atoms with Gasteiger partial charge in [0.2, 0.25) is 0 Å². The molecule has 0 aliphatic carbocycles. The second-order valence-electron chi connectivity index (χ2n) is 9.73. The Morgan fingerprint density at radius 3 is 1.19 bits per heavy atom. The van der Waals surface area contributed by atoms with Gasteiger partial charge in [0.05, 0.1) is 22.8 Å². The number of nitrogens with zero attached hydrogens (tertiary/aromatic N) is 2. The Balaban J connectivity index is 1.06. The van der Waals surface area contributed by atoms with Crippen LogP contribution in [0.25, 0.3) is 45.0 Å². The monoisotopic (exact) mass is 586 g/mol. The summed E-state index contributed by atoms with van der Waals surface area (Å²) in [5.74, 6) is 1.60. The summed E-state index contributed by atoms with van der Waals surface area (Å²) < 4.78 is 0. The van der Waals surface area contributed by atoms with Crippen molar-refractivity contribution in [1.29, 1.82) is 0 Å². The largest absolute Gasteiger partial charge is 0.332 e. The highest BCUT2D eigenvalue weighted by atomic mass is 32.2. The van der Waals surface area contributed by atoms with Gasteiger partial charge >= 0.3 is 0 Å². The number of H-pyrrole nitrogens is 2. The molecule has 0 radical (unpaired) electrons. The highest BCUT2D eigenvalue weighted by molar-refractivity contribution is 7.99. The van der Waals surface area contributed by atoms with Crippen molar-refractivity contribution in [2.45, 2.75) is 23.2 Å². The van der Waals surface area contributed by atoms with E-state index in [1.165, 1.54) is 0 Å². The summed E-state index contributed by atoms with van der Waals surface area (Å²) in [6.07, 6.45) is 0.992. The van der Waals surface area contributed by atoms with Crippen LogP contribution in [-0.2, 0) is 4.79 Å². The summed E-state index contributed by atoms with van der Waals surface area (Å²) in [4.78, 5) is 29.5. The molecule has 2 aromatic heterocycles. The fourth-order valence-corrected chi connectivity index (χ4v) is 6.43. The predicted molar refractivity (Wildman–Crippen MR) is 175 cm³/mol. The molecule has 0 amide bonds. The molecule has 6 rings (SSSR count). The zero-order valence-electron chi connectivity index (χ0n) is 23.0. The molecule has 0 saturated heterocycles. The number of aromatic nitrogens is 4. The van der Waals surface area contributed by atoms with E-state index < -0.39 is 0 Å². The van der Waals surface area contributed by atoms with E-state index in [4.69, 9.17) is 9.97 Å². The van der Waals surface area contributed by atoms with Gasteiger partial charge in [0, 0.05) is 46.6 Å². The molecule has 208 valence electrons. The lowest BCUT2D eigenvalue weighted by Crippen LogP contribution is -2.01. The van der Waals surface area contributed by atoms with Crippen LogP contribution in [0.5, 0.6) is 0 Å². The minimum absolute atomic E-state index is 0.242.